The molecular formula is C13H20N5O4+. The van der Waals surface area contributed by atoms with Gasteiger partial charge in [-0.2, -0.15) is 10.1 Å². The second-order valence-electron chi connectivity index (χ2n) is 6.30. The second-order valence-corrected chi connectivity index (χ2v) is 6.30. The number of H-pyrrole nitrogens is 1. The summed E-state index contributed by atoms with van der Waals surface area (Å²) in [6, 6.07) is 0. The average molecular weight is 310 g/mol. The highest BCUT2D eigenvalue weighted by Gasteiger charge is 2.45. The molecule has 1 fully saturated rings. The summed E-state index contributed by atoms with van der Waals surface area (Å²) in [5, 5.41) is 36.3. The molecule has 0 radical (unpaired) electrons. The monoisotopic (exact) mass is 310 g/mol. The van der Waals surface area contributed by atoms with Crippen LogP contribution in [0.15, 0.2) is 6.33 Å². The van der Waals surface area contributed by atoms with E-state index in [4.69, 9.17) is 4.74 Å². The Bertz CT molecular complexity index is 683. The molecule has 0 aliphatic carbocycles. The molecular weight excluding hydrogens is 290 g/mol. The molecule has 22 heavy (non-hydrogen) atoms. The van der Waals surface area contributed by atoms with E-state index >= 15 is 0 Å². The van der Waals surface area contributed by atoms with Crippen molar-refractivity contribution in [1.29, 1.82) is 0 Å². The van der Waals surface area contributed by atoms with Gasteiger partial charge in [-0.05, 0) is 0 Å². The summed E-state index contributed by atoms with van der Waals surface area (Å²) in [5.74, 6) is 0.722. The number of aliphatic hydroxyl groups is 3. The third-order valence-electron chi connectivity index (χ3n) is 3.81. The molecule has 1 aliphatic heterocycles. The predicted octanol–water partition coefficient (Wildman–Crippen LogP) is -1.30. The van der Waals surface area contributed by atoms with Crippen LogP contribution in [-0.4, -0.2) is 81.5 Å². The van der Waals surface area contributed by atoms with E-state index in [-0.39, 0.29) is 6.61 Å². The molecule has 0 amide bonds. The summed E-state index contributed by atoms with van der Waals surface area (Å²) in [6.45, 7) is -0.375. The molecule has 3 heterocycles. The Morgan fingerprint density at radius 1 is 1.18 bits per heavy atom. The quantitative estimate of drug-likeness (QED) is 0.520. The van der Waals surface area contributed by atoms with Crippen molar-refractivity contribution in [2.45, 2.75) is 24.4 Å². The lowest BCUT2D eigenvalue weighted by Crippen LogP contribution is -2.36. The fraction of sp³-hybridized carbons (Fsp3) is 0.615. The van der Waals surface area contributed by atoms with Gasteiger partial charge in [0.05, 0.1) is 33.4 Å². The second kappa shape index (κ2) is 5.21. The first kappa shape index (κ1) is 15.3. The lowest BCUT2D eigenvalue weighted by Gasteiger charge is -2.21. The third kappa shape index (κ3) is 2.27. The van der Waals surface area contributed by atoms with Gasteiger partial charge in [-0.1, -0.05) is 0 Å². The van der Waals surface area contributed by atoms with Crippen molar-refractivity contribution in [1.82, 2.24) is 24.6 Å². The molecule has 9 heteroatoms. The first-order chi connectivity index (χ1) is 10.3. The molecule has 4 N–H and O–H groups in total. The van der Waals surface area contributed by atoms with Gasteiger partial charge >= 0.3 is 0 Å². The van der Waals surface area contributed by atoms with E-state index < -0.39 is 24.4 Å². The molecule has 0 unspecified atom stereocenters. The average Bonchev–Trinajstić information content (AvgIpc) is 3.00. The third-order valence-corrected chi connectivity index (χ3v) is 3.81. The Hall–Kier alpha value is -1.65. The van der Waals surface area contributed by atoms with Crippen molar-refractivity contribution < 1.29 is 20.1 Å². The Morgan fingerprint density at radius 2 is 1.91 bits per heavy atom. The zero-order valence-corrected chi connectivity index (χ0v) is 12.6. The normalized spacial score (nSPS) is 29.4. The van der Waals surface area contributed by atoms with Crippen LogP contribution in [0.25, 0.3) is 11.0 Å². The summed E-state index contributed by atoms with van der Waals surface area (Å²) in [4.78, 5) is 8.49. The van der Waals surface area contributed by atoms with Crippen LogP contribution in [0.5, 0.6) is 0 Å². The van der Waals surface area contributed by atoms with Crippen LogP contribution in [-0.2, 0) is 4.74 Å². The number of aliphatic hydroxyl groups excluding tert-OH is 3. The minimum Gasteiger partial charge on any atom is -0.394 e. The number of aromatic amines is 1. The summed E-state index contributed by atoms with van der Waals surface area (Å²) in [7, 11) is 5.88. The highest BCUT2D eigenvalue weighted by molar-refractivity contribution is 5.86. The minimum atomic E-state index is -1.16. The number of aromatic nitrogens is 4. The van der Waals surface area contributed by atoms with Crippen LogP contribution in [0.2, 0.25) is 0 Å². The molecule has 1 saturated heterocycles. The predicted molar refractivity (Wildman–Crippen MR) is 78.0 cm³/mol. The lowest BCUT2D eigenvalue weighted by molar-refractivity contribution is -0.0236. The van der Waals surface area contributed by atoms with Crippen LogP contribution in [0.3, 0.4) is 0 Å². The topological polar surface area (TPSA) is 124 Å². The number of rotatable bonds is 3. The van der Waals surface area contributed by atoms with Gasteiger partial charge in [0.1, 0.15) is 36.3 Å². The van der Waals surface area contributed by atoms with E-state index in [9.17, 15) is 15.3 Å². The Kier molecular flexibility index (Phi) is 3.62. The molecule has 120 valence electrons. The Morgan fingerprint density at radius 3 is 2.50 bits per heavy atom. The van der Waals surface area contributed by atoms with Crippen LogP contribution in [0.4, 0.5) is 5.82 Å². The lowest BCUT2D eigenvalue weighted by atomic mass is 10.1. The number of ether oxygens (including phenoxy) is 1. The van der Waals surface area contributed by atoms with Crippen molar-refractivity contribution >= 4 is 16.9 Å². The first-order valence-electron chi connectivity index (χ1n) is 6.98. The van der Waals surface area contributed by atoms with E-state index in [0.29, 0.717) is 21.2 Å². The smallest absolute Gasteiger partial charge is 0.258 e. The number of quaternary nitrogens is 1. The van der Waals surface area contributed by atoms with E-state index in [1.165, 1.54) is 6.33 Å². The Balaban J connectivity index is 2.07. The molecule has 9 nitrogen and oxygen atoms in total. The van der Waals surface area contributed by atoms with Crippen LogP contribution >= 0.6 is 0 Å². The van der Waals surface area contributed by atoms with Crippen molar-refractivity contribution in [3.8, 4) is 0 Å². The number of nitrogens with one attached hydrogen (secondary N) is 1. The van der Waals surface area contributed by atoms with Gasteiger partial charge in [0.25, 0.3) is 5.82 Å². The largest absolute Gasteiger partial charge is 0.394 e. The number of hydrogen-bond acceptors (Lipinski definition) is 7. The SMILES string of the molecule is C[N+](C)(C)c1ncnc2c([C@H]3O[C@@H](CO)[C@@H](O)[C@H]3O)[nH]nc12. The van der Waals surface area contributed by atoms with Gasteiger partial charge < -0.3 is 20.1 Å². The van der Waals surface area contributed by atoms with Crippen LogP contribution < -0.4 is 4.48 Å². The zero-order chi connectivity index (χ0) is 16.1. The number of fused-ring (bicyclic) bond motifs is 1. The van der Waals surface area contributed by atoms with Gasteiger partial charge in [0.15, 0.2) is 5.52 Å². The van der Waals surface area contributed by atoms with Gasteiger partial charge in [-0.15, -0.1) is 0 Å². The standard InChI is InChI=1S/C13H20N5O4/c1-18(2,3)13-9-7(14-5-15-13)8(16-17-9)12-11(21)10(20)6(4-19)22-12/h5-6,10-12,19-21H,4H2,1-3H3,(H,16,17)/q+1/t6-,10+,11+,12+/m0/s1. The van der Waals surface area contributed by atoms with Gasteiger partial charge in [0, 0.05) is 0 Å². The molecule has 3 rings (SSSR count). The first-order valence-corrected chi connectivity index (χ1v) is 6.98. The van der Waals surface area contributed by atoms with E-state index in [2.05, 4.69) is 20.2 Å². The molecule has 0 aromatic carbocycles. The van der Waals surface area contributed by atoms with Crippen LogP contribution in [0.1, 0.15) is 11.8 Å². The van der Waals surface area contributed by atoms with Crippen molar-refractivity contribution in [2.24, 2.45) is 0 Å². The summed E-state index contributed by atoms with van der Waals surface area (Å²) < 4.78 is 5.98. The van der Waals surface area contributed by atoms with Crippen molar-refractivity contribution in [3.05, 3.63) is 12.0 Å². The summed E-state index contributed by atoms with van der Waals surface area (Å²) in [6.07, 6.45) is -2.55. The minimum absolute atomic E-state index is 0.375. The maximum Gasteiger partial charge on any atom is 0.258 e. The molecule has 0 bridgehead atoms. The molecule has 4 atom stereocenters. The van der Waals surface area contributed by atoms with Crippen molar-refractivity contribution in [3.63, 3.8) is 0 Å². The number of nitrogens with zero attached hydrogens (tertiary/aromatic N) is 4. The van der Waals surface area contributed by atoms with Crippen LogP contribution in [0, 0.1) is 0 Å². The maximum absolute atomic E-state index is 10.1. The molecule has 0 spiro atoms. The van der Waals surface area contributed by atoms with Crippen molar-refractivity contribution in [2.75, 3.05) is 27.7 Å². The summed E-state index contributed by atoms with van der Waals surface area (Å²) in [5.41, 5.74) is 1.59. The zero-order valence-electron chi connectivity index (χ0n) is 12.6. The van der Waals surface area contributed by atoms with E-state index in [1.54, 1.807) is 0 Å². The Labute approximate surface area is 126 Å². The van der Waals surface area contributed by atoms with E-state index in [1.807, 2.05) is 21.1 Å². The van der Waals surface area contributed by atoms with Gasteiger partial charge in [0.2, 0.25) is 0 Å². The fourth-order valence-electron chi connectivity index (χ4n) is 2.67. The molecule has 2 aromatic heterocycles. The van der Waals surface area contributed by atoms with Gasteiger partial charge in [-0.3, -0.25) is 9.58 Å². The molecule has 1 aliphatic rings. The molecule has 2 aromatic rings. The summed E-state index contributed by atoms with van der Waals surface area (Å²) >= 11 is 0. The number of hydrogen-bond donors (Lipinski definition) is 4. The highest BCUT2D eigenvalue weighted by Crippen LogP contribution is 2.36. The fourth-order valence-corrected chi connectivity index (χ4v) is 2.67. The van der Waals surface area contributed by atoms with E-state index in [0.717, 1.165) is 5.82 Å². The highest BCUT2D eigenvalue weighted by atomic mass is 16.6. The maximum atomic E-state index is 10.1. The van der Waals surface area contributed by atoms with Gasteiger partial charge in [-0.25, -0.2) is 4.98 Å². The molecule has 0 saturated carbocycles.